The molecule has 1 heterocycles. The molecule has 34 heavy (non-hydrogen) atoms. The molecule has 0 saturated carbocycles. The normalized spacial score (nSPS) is 10.6. The summed E-state index contributed by atoms with van der Waals surface area (Å²) in [6.45, 7) is 0.136. The van der Waals surface area contributed by atoms with E-state index in [2.05, 4.69) is 5.32 Å². The van der Waals surface area contributed by atoms with Crippen LogP contribution in [0.3, 0.4) is 0 Å². The Morgan fingerprint density at radius 3 is 2.35 bits per heavy atom. The van der Waals surface area contributed by atoms with E-state index in [1.807, 2.05) is 42.5 Å². The van der Waals surface area contributed by atoms with Gasteiger partial charge in [-0.05, 0) is 41.8 Å². The molecule has 1 amide bonds. The number of benzene rings is 3. The highest BCUT2D eigenvalue weighted by molar-refractivity contribution is 5.96. The van der Waals surface area contributed by atoms with Gasteiger partial charge < -0.3 is 19.2 Å². The van der Waals surface area contributed by atoms with Gasteiger partial charge in [0.25, 0.3) is 5.91 Å². The number of fused-ring (bicyclic) bond motifs is 1. The molecule has 4 rings (SSSR count). The smallest absolute Gasteiger partial charge is 0.349 e. The molecule has 1 aromatic heterocycles. The minimum absolute atomic E-state index is 0.0672. The summed E-state index contributed by atoms with van der Waals surface area (Å²) in [5, 5.41) is 3.30. The van der Waals surface area contributed by atoms with Crippen LogP contribution < -0.4 is 15.7 Å². The third-order valence-corrected chi connectivity index (χ3v) is 5.07. The minimum atomic E-state index is -0.698. The van der Waals surface area contributed by atoms with E-state index in [0.29, 0.717) is 23.1 Å². The summed E-state index contributed by atoms with van der Waals surface area (Å²) in [4.78, 5) is 36.2. The average molecular weight is 457 g/mol. The number of esters is 1. The van der Waals surface area contributed by atoms with Gasteiger partial charge in [-0.25, -0.2) is 9.59 Å². The molecule has 0 aliphatic heterocycles. The van der Waals surface area contributed by atoms with Crippen LogP contribution in [-0.4, -0.2) is 31.6 Å². The quantitative estimate of drug-likeness (QED) is 0.230. The molecule has 3 aromatic carbocycles. The molecule has 0 aliphatic carbocycles. The lowest BCUT2D eigenvalue weighted by molar-refractivity contribution is -0.146. The van der Waals surface area contributed by atoms with Gasteiger partial charge in [-0.2, -0.15) is 0 Å². The molecule has 7 nitrogen and oxygen atoms in total. The van der Waals surface area contributed by atoms with Gasteiger partial charge in [-0.15, -0.1) is 0 Å². The highest BCUT2D eigenvalue weighted by atomic mass is 16.6. The van der Waals surface area contributed by atoms with Crippen molar-refractivity contribution < 1.29 is 23.5 Å². The summed E-state index contributed by atoms with van der Waals surface area (Å²) < 4.78 is 15.8. The number of amides is 1. The molecule has 0 radical (unpaired) electrons. The molecule has 172 valence electrons. The predicted molar refractivity (Wildman–Crippen MR) is 128 cm³/mol. The van der Waals surface area contributed by atoms with Gasteiger partial charge in [0.15, 0.2) is 6.61 Å². The Labute approximate surface area is 195 Å². The van der Waals surface area contributed by atoms with E-state index >= 15 is 0 Å². The van der Waals surface area contributed by atoms with Crippen LogP contribution in [0.25, 0.3) is 22.1 Å². The van der Waals surface area contributed by atoms with Crippen molar-refractivity contribution in [3.63, 3.8) is 0 Å². The van der Waals surface area contributed by atoms with Crippen LogP contribution in [0.1, 0.15) is 16.8 Å². The monoisotopic (exact) mass is 457 g/mol. The van der Waals surface area contributed by atoms with Crippen LogP contribution in [0.5, 0.6) is 5.75 Å². The molecule has 7 heteroatoms. The number of carbonyl (C=O) groups excluding carboxylic acids is 2. The fraction of sp³-hybridized carbons (Fsp3) is 0.148. The lowest BCUT2D eigenvalue weighted by Crippen LogP contribution is -2.29. The fourth-order valence-electron chi connectivity index (χ4n) is 3.33. The summed E-state index contributed by atoms with van der Waals surface area (Å²) in [5.41, 5.74) is 1.81. The Balaban J connectivity index is 1.16. The zero-order chi connectivity index (χ0) is 23.8. The maximum Gasteiger partial charge on any atom is 0.349 e. The minimum Gasteiger partial charge on any atom is -0.482 e. The van der Waals surface area contributed by atoms with Crippen LogP contribution in [0, 0.1) is 0 Å². The van der Waals surface area contributed by atoms with Gasteiger partial charge in [0.05, 0.1) is 6.61 Å². The zero-order valence-electron chi connectivity index (χ0n) is 18.4. The first-order valence-corrected chi connectivity index (χ1v) is 10.9. The molecule has 0 bridgehead atoms. The summed E-state index contributed by atoms with van der Waals surface area (Å²) >= 11 is 0. The van der Waals surface area contributed by atoms with E-state index < -0.39 is 17.5 Å². The van der Waals surface area contributed by atoms with Gasteiger partial charge >= 0.3 is 11.6 Å². The first kappa shape index (κ1) is 22.8. The summed E-state index contributed by atoms with van der Waals surface area (Å²) in [6, 6.07) is 25.9. The van der Waals surface area contributed by atoms with Crippen LogP contribution in [0.15, 0.2) is 94.1 Å². The van der Waals surface area contributed by atoms with E-state index in [9.17, 15) is 14.4 Å². The number of ether oxygens (including phenoxy) is 2. The largest absolute Gasteiger partial charge is 0.482 e. The van der Waals surface area contributed by atoms with Crippen molar-refractivity contribution in [2.24, 2.45) is 0 Å². The molecule has 0 atom stereocenters. The van der Waals surface area contributed by atoms with Crippen molar-refractivity contribution in [2.45, 2.75) is 6.42 Å². The highest BCUT2D eigenvalue weighted by Crippen LogP contribution is 2.22. The summed E-state index contributed by atoms with van der Waals surface area (Å²) in [5.74, 6) is -0.472. The maximum absolute atomic E-state index is 12.3. The standard InChI is InChI=1S/C27H23NO6/c29-25(18-33-22-13-11-20(12-14-22)19-7-2-1-3-8-19)32-16-6-15-28-26(30)23-17-21-9-4-5-10-24(21)34-27(23)31/h1-5,7-14,17H,6,15-16,18H2,(H,28,30). The number of carbonyl (C=O) groups is 2. The number of para-hydroxylation sites is 1. The Bertz CT molecular complexity index is 1330. The number of nitrogens with one attached hydrogen (secondary N) is 1. The van der Waals surface area contributed by atoms with Crippen molar-refractivity contribution >= 4 is 22.8 Å². The van der Waals surface area contributed by atoms with Crippen molar-refractivity contribution in [2.75, 3.05) is 19.8 Å². The number of hydrogen-bond acceptors (Lipinski definition) is 6. The van der Waals surface area contributed by atoms with Gasteiger partial charge in [0.2, 0.25) is 0 Å². The van der Waals surface area contributed by atoms with Crippen molar-refractivity contribution in [1.29, 1.82) is 0 Å². The zero-order valence-corrected chi connectivity index (χ0v) is 18.4. The molecular weight excluding hydrogens is 434 g/mol. The SMILES string of the molecule is O=C(COc1ccc(-c2ccccc2)cc1)OCCCNC(=O)c1cc2ccccc2oc1=O. The van der Waals surface area contributed by atoms with Crippen LogP contribution in [0.2, 0.25) is 0 Å². The van der Waals surface area contributed by atoms with Gasteiger partial charge in [-0.1, -0.05) is 60.7 Å². The highest BCUT2D eigenvalue weighted by Gasteiger charge is 2.13. The second kappa shape index (κ2) is 11.0. The third-order valence-electron chi connectivity index (χ3n) is 5.07. The van der Waals surface area contributed by atoms with Gasteiger partial charge in [0, 0.05) is 11.9 Å². The van der Waals surface area contributed by atoms with Crippen molar-refractivity contribution in [3.05, 3.63) is 101 Å². The third kappa shape index (κ3) is 5.89. The first-order chi connectivity index (χ1) is 16.6. The molecular formula is C27H23NO6. The lowest BCUT2D eigenvalue weighted by Gasteiger charge is -2.09. The maximum atomic E-state index is 12.3. The van der Waals surface area contributed by atoms with Gasteiger partial charge in [0.1, 0.15) is 16.9 Å². The van der Waals surface area contributed by atoms with E-state index in [0.717, 1.165) is 11.1 Å². The van der Waals surface area contributed by atoms with Crippen molar-refractivity contribution in [3.8, 4) is 16.9 Å². The van der Waals surface area contributed by atoms with Crippen molar-refractivity contribution in [1.82, 2.24) is 5.32 Å². The molecule has 1 N–H and O–H groups in total. The fourth-order valence-corrected chi connectivity index (χ4v) is 3.33. The second-order valence-corrected chi connectivity index (χ2v) is 7.49. The van der Waals surface area contributed by atoms with E-state index in [1.54, 1.807) is 36.4 Å². The molecule has 0 saturated heterocycles. The number of rotatable bonds is 9. The van der Waals surface area contributed by atoms with E-state index in [-0.39, 0.29) is 25.3 Å². The Morgan fingerprint density at radius 1 is 0.853 bits per heavy atom. The second-order valence-electron chi connectivity index (χ2n) is 7.49. The topological polar surface area (TPSA) is 94.8 Å². The first-order valence-electron chi connectivity index (χ1n) is 10.9. The Kier molecular flexibility index (Phi) is 7.35. The van der Waals surface area contributed by atoms with E-state index in [4.69, 9.17) is 13.9 Å². The van der Waals surface area contributed by atoms with E-state index in [1.165, 1.54) is 6.07 Å². The van der Waals surface area contributed by atoms with Crippen LogP contribution in [0.4, 0.5) is 0 Å². The predicted octanol–water partition coefficient (Wildman–Crippen LogP) is 4.20. The Hall–Kier alpha value is -4.39. The summed E-state index contributed by atoms with van der Waals surface area (Å²) in [7, 11) is 0. The number of hydrogen-bond donors (Lipinski definition) is 1. The Morgan fingerprint density at radius 2 is 1.56 bits per heavy atom. The summed E-state index contributed by atoms with van der Waals surface area (Å²) in [6.07, 6.45) is 0.391. The molecule has 0 fully saturated rings. The molecule has 0 unspecified atom stereocenters. The van der Waals surface area contributed by atoms with Crippen LogP contribution >= 0.6 is 0 Å². The molecule has 0 aliphatic rings. The van der Waals surface area contributed by atoms with Crippen LogP contribution in [-0.2, 0) is 9.53 Å². The lowest BCUT2D eigenvalue weighted by atomic mass is 10.1. The molecule has 0 spiro atoms. The van der Waals surface area contributed by atoms with Gasteiger partial charge in [-0.3, -0.25) is 4.79 Å². The average Bonchev–Trinajstić information content (AvgIpc) is 2.87. The molecule has 4 aromatic rings.